The number of thiophene rings is 1. The molecule has 2 nitrogen and oxygen atoms in total. The van der Waals surface area contributed by atoms with Crippen LogP contribution in [-0.2, 0) is 4.74 Å². The number of aliphatic hydroxyl groups is 1. The average Bonchev–Trinajstić information content (AvgIpc) is 2.84. The molecule has 0 aliphatic carbocycles. The van der Waals surface area contributed by atoms with E-state index >= 15 is 0 Å². The zero-order chi connectivity index (χ0) is 10.8. The van der Waals surface area contributed by atoms with Gasteiger partial charge in [0.15, 0.2) is 0 Å². The Bertz CT molecular complexity index is 321. The number of aliphatic hydroxyl groups excluding tert-OH is 1. The minimum absolute atomic E-state index is 0.237. The maximum Gasteiger partial charge on any atom is 0.0938 e. The van der Waals surface area contributed by atoms with Gasteiger partial charge in [0.05, 0.1) is 12.2 Å². The van der Waals surface area contributed by atoms with Crippen LogP contribution >= 0.6 is 11.3 Å². The molecule has 2 rings (SSSR count). The SMILES string of the molecule is CCC1OCCC1C(O)c1sccc1C. The summed E-state index contributed by atoms with van der Waals surface area (Å²) in [7, 11) is 0. The molecule has 0 radical (unpaired) electrons. The second-order valence-corrected chi connectivity index (χ2v) is 5.13. The Morgan fingerprint density at radius 2 is 2.47 bits per heavy atom. The van der Waals surface area contributed by atoms with Gasteiger partial charge < -0.3 is 9.84 Å². The molecule has 1 fully saturated rings. The van der Waals surface area contributed by atoms with Crippen molar-refractivity contribution < 1.29 is 9.84 Å². The standard InChI is InChI=1S/C12H18O2S/c1-3-10-9(4-6-14-10)11(13)12-8(2)5-7-15-12/h5,7,9-11,13H,3-4,6H2,1-2H3. The van der Waals surface area contributed by atoms with Crippen LogP contribution in [0.1, 0.15) is 36.3 Å². The minimum Gasteiger partial charge on any atom is -0.387 e. The highest BCUT2D eigenvalue weighted by atomic mass is 32.1. The van der Waals surface area contributed by atoms with E-state index in [2.05, 4.69) is 19.9 Å². The van der Waals surface area contributed by atoms with E-state index in [1.807, 2.05) is 5.38 Å². The summed E-state index contributed by atoms with van der Waals surface area (Å²) in [4.78, 5) is 1.11. The van der Waals surface area contributed by atoms with Gasteiger partial charge in [-0.2, -0.15) is 0 Å². The molecule has 3 heteroatoms. The minimum atomic E-state index is -0.336. The first-order valence-corrected chi connectivity index (χ1v) is 6.45. The van der Waals surface area contributed by atoms with Gasteiger partial charge in [0.25, 0.3) is 0 Å². The summed E-state index contributed by atoms with van der Waals surface area (Å²) in [5.41, 5.74) is 1.20. The third-order valence-corrected chi connectivity index (χ3v) is 4.33. The maximum atomic E-state index is 10.3. The van der Waals surface area contributed by atoms with Gasteiger partial charge in [-0.1, -0.05) is 6.92 Å². The number of aryl methyl sites for hydroxylation is 1. The molecule has 1 aromatic heterocycles. The van der Waals surface area contributed by atoms with E-state index in [9.17, 15) is 5.11 Å². The Balaban J connectivity index is 2.13. The van der Waals surface area contributed by atoms with Crippen LogP contribution in [0.5, 0.6) is 0 Å². The fourth-order valence-electron chi connectivity index (χ4n) is 2.33. The molecule has 1 saturated heterocycles. The van der Waals surface area contributed by atoms with Crippen molar-refractivity contribution in [1.29, 1.82) is 0 Å². The van der Waals surface area contributed by atoms with E-state index in [1.54, 1.807) is 11.3 Å². The first-order valence-electron chi connectivity index (χ1n) is 5.57. The summed E-state index contributed by atoms with van der Waals surface area (Å²) in [6.07, 6.45) is 1.88. The molecule has 3 unspecified atom stereocenters. The molecule has 1 N–H and O–H groups in total. The third-order valence-electron chi connectivity index (χ3n) is 3.24. The van der Waals surface area contributed by atoms with Crippen molar-refractivity contribution >= 4 is 11.3 Å². The normalized spacial score (nSPS) is 28.2. The lowest BCUT2D eigenvalue weighted by molar-refractivity contribution is 0.0320. The molecular weight excluding hydrogens is 208 g/mol. The number of ether oxygens (including phenoxy) is 1. The van der Waals surface area contributed by atoms with Gasteiger partial charge in [-0.15, -0.1) is 11.3 Å². The van der Waals surface area contributed by atoms with Crippen molar-refractivity contribution in [3.05, 3.63) is 21.9 Å². The first kappa shape index (κ1) is 11.1. The van der Waals surface area contributed by atoms with E-state index < -0.39 is 0 Å². The number of rotatable bonds is 3. The Kier molecular flexibility index (Phi) is 3.44. The van der Waals surface area contributed by atoms with Crippen molar-refractivity contribution in [2.45, 2.75) is 38.9 Å². The summed E-state index contributed by atoms with van der Waals surface area (Å²) in [6.45, 7) is 4.98. The fourth-order valence-corrected chi connectivity index (χ4v) is 3.32. The second kappa shape index (κ2) is 4.64. The molecule has 1 aliphatic heterocycles. The lowest BCUT2D eigenvalue weighted by Gasteiger charge is -2.22. The van der Waals surface area contributed by atoms with Crippen LogP contribution in [0, 0.1) is 12.8 Å². The van der Waals surface area contributed by atoms with Crippen molar-refractivity contribution in [2.75, 3.05) is 6.61 Å². The number of hydrogen-bond donors (Lipinski definition) is 1. The predicted molar refractivity (Wildman–Crippen MR) is 62.2 cm³/mol. The van der Waals surface area contributed by atoms with E-state index in [1.165, 1.54) is 5.56 Å². The van der Waals surface area contributed by atoms with Crippen LogP contribution in [0.15, 0.2) is 11.4 Å². The molecule has 0 bridgehead atoms. The summed E-state index contributed by atoms with van der Waals surface area (Å²) >= 11 is 1.65. The highest BCUT2D eigenvalue weighted by Gasteiger charge is 2.34. The summed E-state index contributed by atoms with van der Waals surface area (Å²) in [5, 5.41) is 12.4. The lowest BCUT2D eigenvalue weighted by Crippen LogP contribution is -2.21. The van der Waals surface area contributed by atoms with Crippen LogP contribution in [0.2, 0.25) is 0 Å². The molecule has 0 amide bonds. The van der Waals surface area contributed by atoms with E-state index in [-0.39, 0.29) is 18.1 Å². The zero-order valence-corrected chi connectivity index (χ0v) is 10.1. The molecule has 0 spiro atoms. The van der Waals surface area contributed by atoms with Crippen LogP contribution in [0.4, 0.5) is 0 Å². The van der Waals surface area contributed by atoms with Crippen molar-refractivity contribution in [2.24, 2.45) is 5.92 Å². The van der Waals surface area contributed by atoms with E-state index in [0.717, 1.165) is 24.3 Å². The van der Waals surface area contributed by atoms with Crippen molar-refractivity contribution in [3.8, 4) is 0 Å². The molecule has 1 aromatic rings. The maximum absolute atomic E-state index is 10.3. The summed E-state index contributed by atoms with van der Waals surface area (Å²) in [5.74, 6) is 0.285. The van der Waals surface area contributed by atoms with Crippen molar-refractivity contribution in [1.82, 2.24) is 0 Å². The Hall–Kier alpha value is -0.380. The highest BCUT2D eigenvalue weighted by Crippen LogP contribution is 2.37. The molecule has 2 heterocycles. The molecule has 3 atom stereocenters. The Morgan fingerprint density at radius 1 is 1.67 bits per heavy atom. The summed E-state index contributed by atoms with van der Waals surface area (Å²) < 4.78 is 5.62. The van der Waals surface area contributed by atoms with Gasteiger partial charge in [-0.3, -0.25) is 0 Å². The highest BCUT2D eigenvalue weighted by molar-refractivity contribution is 7.10. The molecular formula is C12H18O2S. The fraction of sp³-hybridized carbons (Fsp3) is 0.667. The topological polar surface area (TPSA) is 29.5 Å². The van der Waals surface area contributed by atoms with E-state index in [4.69, 9.17) is 4.74 Å². The smallest absolute Gasteiger partial charge is 0.0938 e. The largest absolute Gasteiger partial charge is 0.387 e. The van der Waals surface area contributed by atoms with E-state index in [0.29, 0.717) is 0 Å². The van der Waals surface area contributed by atoms with Crippen LogP contribution in [-0.4, -0.2) is 17.8 Å². The molecule has 1 aliphatic rings. The Labute approximate surface area is 94.9 Å². The monoisotopic (exact) mass is 226 g/mol. The van der Waals surface area contributed by atoms with Crippen LogP contribution < -0.4 is 0 Å². The van der Waals surface area contributed by atoms with Gasteiger partial charge in [-0.05, 0) is 36.8 Å². The van der Waals surface area contributed by atoms with Gasteiger partial charge in [0, 0.05) is 17.4 Å². The van der Waals surface area contributed by atoms with Crippen LogP contribution in [0.25, 0.3) is 0 Å². The predicted octanol–water partition coefficient (Wildman–Crippen LogP) is 2.91. The Morgan fingerprint density at radius 3 is 3.07 bits per heavy atom. The van der Waals surface area contributed by atoms with Crippen molar-refractivity contribution in [3.63, 3.8) is 0 Å². The lowest BCUT2D eigenvalue weighted by atomic mass is 9.91. The molecule has 15 heavy (non-hydrogen) atoms. The van der Waals surface area contributed by atoms with Gasteiger partial charge in [0.1, 0.15) is 0 Å². The van der Waals surface area contributed by atoms with Crippen LogP contribution in [0.3, 0.4) is 0 Å². The third kappa shape index (κ3) is 2.10. The molecule has 84 valence electrons. The average molecular weight is 226 g/mol. The number of hydrogen-bond acceptors (Lipinski definition) is 3. The van der Waals surface area contributed by atoms with Gasteiger partial charge in [0.2, 0.25) is 0 Å². The molecule has 0 aromatic carbocycles. The van der Waals surface area contributed by atoms with Gasteiger partial charge in [-0.25, -0.2) is 0 Å². The van der Waals surface area contributed by atoms with Gasteiger partial charge >= 0.3 is 0 Å². The zero-order valence-electron chi connectivity index (χ0n) is 9.27. The summed E-state index contributed by atoms with van der Waals surface area (Å²) in [6, 6.07) is 2.07. The first-order chi connectivity index (χ1) is 7.24. The quantitative estimate of drug-likeness (QED) is 0.858. The molecule has 0 saturated carbocycles. The second-order valence-electron chi connectivity index (χ2n) is 4.18.